The van der Waals surface area contributed by atoms with Crippen LogP contribution in [0, 0.1) is 0 Å². The van der Waals surface area contributed by atoms with Gasteiger partial charge in [-0.05, 0) is 11.6 Å². The summed E-state index contributed by atoms with van der Waals surface area (Å²) in [4.78, 5) is 14.9. The number of carbonyl (C=O) groups is 1. The lowest BCUT2D eigenvalue weighted by molar-refractivity contribution is 0.0595. The molecule has 2 N–H and O–H groups in total. The summed E-state index contributed by atoms with van der Waals surface area (Å²) in [5, 5.41) is 0. The first-order chi connectivity index (χ1) is 8.04. The summed E-state index contributed by atoms with van der Waals surface area (Å²) in [5.41, 5.74) is 4.89. The molecule has 5 nitrogen and oxygen atoms in total. The van der Waals surface area contributed by atoms with Gasteiger partial charge in [-0.3, -0.25) is 0 Å². The van der Waals surface area contributed by atoms with Crippen LogP contribution in [0.3, 0.4) is 0 Å². The van der Waals surface area contributed by atoms with Gasteiger partial charge in [0, 0.05) is 6.54 Å². The van der Waals surface area contributed by atoms with E-state index in [4.69, 9.17) is 10.5 Å². The Hall–Kier alpha value is -1.76. The SMILES string of the molecule is COC(=O)c1cc(CN)c(C(F)F)nc1OC. The van der Waals surface area contributed by atoms with Gasteiger partial charge in [-0.25, -0.2) is 18.6 Å². The minimum atomic E-state index is -2.78. The second-order valence-electron chi connectivity index (χ2n) is 3.09. The lowest BCUT2D eigenvalue weighted by Crippen LogP contribution is -2.12. The fourth-order valence-corrected chi connectivity index (χ4v) is 1.32. The van der Waals surface area contributed by atoms with Gasteiger partial charge < -0.3 is 15.2 Å². The maximum atomic E-state index is 12.7. The normalized spacial score (nSPS) is 10.5. The van der Waals surface area contributed by atoms with E-state index >= 15 is 0 Å². The highest BCUT2D eigenvalue weighted by Crippen LogP contribution is 2.27. The number of ether oxygens (including phenoxy) is 2. The van der Waals surface area contributed by atoms with Crippen molar-refractivity contribution < 1.29 is 23.0 Å². The summed E-state index contributed by atoms with van der Waals surface area (Å²) in [6.07, 6.45) is -2.78. The summed E-state index contributed by atoms with van der Waals surface area (Å²) in [5.74, 6) is -0.922. The van der Waals surface area contributed by atoms with Crippen LogP contribution in [-0.4, -0.2) is 25.2 Å². The maximum Gasteiger partial charge on any atom is 0.343 e. The van der Waals surface area contributed by atoms with Gasteiger partial charge in [-0.1, -0.05) is 0 Å². The van der Waals surface area contributed by atoms with Crippen LogP contribution >= 0.6 is 0 Å². The monoisotopic (exact) mass is 246 g/mol. The van der Waals surface area contributed by atoms with Crippen molar-refractivity contribution in [3.63, 3.8) is 0 Å². The largest absolute Gasteiger partial charge is 0.480 e. The Balaban J connectivity index is 3.37. The first-order valence-electron chi connectivity index (χ1n) is 4.69. The number of carbonyl (C=O) groups excluding carboxylic acids is 1. The number of pyridine rings is 1. The number of halogens is 2. The summed E-state index contributed by atoms with van der Waals surface area (Å²) >= 11 is 0. The van der Waals surface area contributed by atoms with Gasteiger partial charge in [-0.15, -0.1) is 0 Å². The lowest BCUT2D eigenvalue weighted by atomic mass is 10.1. The number of rotatable bonds is 4. The number of methoxy groups -OCH3 is 2. The fraction of sp³-hybridized carbons (Fsp3) is 0.400. The highest BCUT2D eigenvalue weighted by atomic mass is 19.3. The van der Waals surface area contributed by atoms with Crippen LogP contribution in [0.4, 0.5) is 8.78 Å². The third-order valence-electron chi connectivity index (χ3n) is 2.13. The van der Waals surface area contributed by atoms with Crippen molar-refractivity contribution in [2.45, 2.75) is 13.0 Å². The van der Waals surface area contributed by atoms with Crippen molar-refractivity contribution in [1.29, 1.82) is 0 Å². The fourth-order valence-electron chi connectivity index (χ4n) is 1.32. The van der Waals surface area contributed by atoms with Gasteiger partial charge in [-0.2, -0.15) is 0 Å². The quantitative estimate of drug-likeness (QED) is 0.810. The smallest absolute Gasteiger partial charge is 0.343 e. The number of hydrogen-bond acceptors (Lipinski definition) is 5. The Morgan fingerprint density at radius 1 is 1.53 bits per heavy atom. The van der Waals surface area contributed by atoms with Crippen molar-refractivity contribution in [3.8, 4) is 5.88 Å². The molecule has 0 saturated heterocycles. The molecule has 94 valence electrons. The molecule has 0 unspecified atom stereocenters. The molecule has 0 bridgehead atoms. The molecule has 7 heteroatoms. The zero-order valence-corrected chi connectivity index (χ0v) is 9.37. The summed E-state index contributed by atoms with van der Waals surface area (Å²) in [6.45, 7) is -0.152. The molecule has 17 heavy (non-hydrogen) atoms. The molecule has 0 atom stereocenters. The minimum absolute atomic E-state index is 0.0279. The van der Waals surface area contributed by atoms with Crippen LogP contribution in [-0.2, 0) is 11.3 Å². The highest BCUT2D eigenvalue weighted by molar-refractivity contribution is 5.92. The lowest BCUT2D eigenvalue weighted by Gasteiger charge is -2.11. The van der Waals surface area contributed by atoms with Crippen LogP contribution in [0.25, 0.3) is 0 Å². The Bertz CT molecular complexity index is 424. The van der Waals surface area contributed by atoms with Crippen molar-refractivity contribution in [1.82, 2.24) is 4.98 Å². The number of aromatic nitrogens is 1. The second kappa shape index (κ2) is 5.53. The summed E-state index contributed by atoms with van der Waals surface area (Å²) in [6, 6.07) is 1.21. The van der Waals surface area contributed by atoms with Crippen LogP contribution in [0.15, 0.2) is 6.07 Å². The van der Waals surface area contributed by atoms with Gasteiger partial charge >= 0.3 is 5.97 Å². The van der Waals surface area contributed by atoms with E-state index in [0.717, 1.165) is 0 Å². The molecule has 0 saturated carbocycles. The van der Waals surface area contributed by atoms with Crippen molar-refractivity contribution in [2.75, 3.05) is 14.2 Å². The van der Waals surface area contributed by atoms with Crippen LogP contribution < -0.4 is 10.5 Å². The maximum absolute atomic E-state index is 12.7. The summed E-state index contributed by atoms with van der Waals surface area (Å²) in [7, 11) is 2.40. The van der Waals surface area contributed by atoms with Gasteiger partial charge in [0.2, 0.25) is 5.88 Å². The van der Waals surface area contributed by atoms with Gasteiger partial charge in [0.25, 0.3) is 6.43 Å². The van der Waals surface area contributed by atoms with E-state index in [1.54, 1.807) is 0 Å². The van der Waals surface area contributed by atoms with E-state index in [-0.39, 0.29) is 23.6 Å². The van der Waals surface area contributed by atoms with Crippen molar-refractivity contribution in [2.24, 2.45) is 5.73 Å². The molecule has 1 heterocycles. The van der Waals surface area contributed by atoms with E-state index in [9.17, 15) is 13.6 Å². The number of esters is 1. The van der Waals surface area contributed by atoms with Crippen molar-refractivity contribution in [3.05, 3.63) is 22.9 Å². The number of alkyl halides is 2. The average Bonchev–Trinajstić information content (AvgIpc) is 2.35. The first-order valence-corrected chi connectivity index (χ1v) is 4.69. The molecular weight excluding hydrogens is 234 g/mol. The molecule has 1 rings (SSSR count). The third kappa shape index (κ3) is 2.68. The molecule has 0 radical (unpaired) electrons. The topological polar surface area (TPSA) is 74.4 Å². The second-order valence-corrected chi connectivity index (χ2v) is 3.09. The Morgan fingerprint density at radius 2 is 2.18 bits per heavy atom. The molecule has 0 aliphatic rings. The molecule has 0 aliphatic heterocycles. The van der Waals surface area contributed by atoms with Crippen LogP contribution in [0.2, 0.25) is 0 Å². The number of hydrogen-bond donors (Lipinski definition) is 1. The Morgan fingerprint density at radius 3 is 2.59 bits per heavy atom. The zero-order chi connectivity index (χ0) is 13.0. The van der Waals surface area contributed by atoms with Gasteiger partial charge in [0.15, 0.2) is 0 Å². The molecule has 0 fully saturated rings. The number of nitrogens with two attached hydrogens (primary N) is 1. The Kier molecular flexibility index (Phi) is 4.33. The zero-order valence-electron chi connectivity index (χ0n) is 9.37. The average molecular weight is 246 g/mol. The highest BCUT2D eigenvalue weighted by Gasteiger charge is 2.22. The van der Waals surface area contributed by atoms with E-state index in [1.165, 1.54) is 20.3 Å². The van der Waals surface area contributed by atoms with Gasteiger partial charge in [0.05, 0.1) is 14.2 Å². The van der Waals surface area contributed by atoms with E-state index in [0.29, 0.717) is 0 Å². The minimum Gasteiger partial charge on any atom is -0.480 e. The molecule has 0 spiro atoms. The molecule has 0 aliphatic carbocycles. The third-order valence-corrected chi connectivity index (χ3v) is 2.13. The van der Waals surface area contributed by atoms with E-state index in [2.05, 4.69) is 9.72 Å². The molecule has 1 aromatic heterocycles. The standard InChI is InChI=1S/C10H12F2N2O3/c1-16-9-6(10(15)17-2)3-5(4-13)7(14-9)8(11)12/h3,8H,4,13H2,1-2H3. The number of nitrogens with zero attached hydrogens (tertiary/aromatic N) is 1. The first kappa shape index (κ1) is 13.3. The van der Waals surface area contributed by atoms with E-state index in [1.807, 2.05) is 0 Å². The predicted molar refractivity (Wildman–Crippen MR) is 55.0 cm³/mol. The molecule has 0 aromatic carbocycles. The molecular formula is C10H12F2N2O3. The molecule has 0 amide bonds. The van der Waals surface area contributed by atoms with Gasteiger partial charge in [0.1, 0.15) is 11.3 Å². The summed E-state index contributed by atoms with van der Waals surface area (Å²) < 4.78 is 34.6. The van der Waals surface area contributed by atoms with E-state index < -0.39 is 18.1 Å². The van der Waals surface area contributed by atoms with Crippen LogP contribution in [0.5, 0.6) is 5.88 Å². The molecule has 1 aromatic rings. The van der Waals surface area contributed by atoms with Crippen LogP contribution in [0.1, 0.15) is 28.0 Å². The predicted octanol–water partition coefficient (Wildman–Crippen LogP) is 1.27. The Labute approximate surface area is 96.5 Å². The van der Waals surface area contributed by atoms with Crippen molar-refractivity contribution >= 4 is 5.97 Å².